The second-order valence-electron chi connectivity index (χ2n) is 6.39. The lowest BCUT2D eigenvalue weighted by Gasteiger charge is -2.29. The Morgan fingerprint density at radius 2 is 2.28 bits per heavy atom. The van der Waals surface area contributed by atoms with E-state index in [-0.39, 0.29) is 18.1 Å². The van der Waals surface area contributed by atoms with Gasteiger partial charge in [-0.25, -0.2) is 0 Å². The molecule has 1 aliphatic carbocycles. The highest BCUT2D eigenvalue weighted by Gasteiger charge is 2.31. The highest BCUT2D eigenvalue weighted by atomic mass is 35.5. The Kier molecular flexibility index (Phi) is 4.41. The molecule has 2 heterocycles. The van der Waals surface area contributed by atoms with Crippen molar-refractivity contribution in [2.75, 3.05) is 18.5 Å². The van der Waals surface area contributed by atoms with Crippen molar-refractivity contribution in [3.63, 3.8) is 0 Å². The number of anilines is 1. The van der Waals surface area contributed by atoms with E-state index in [9.17, 15) is 4.79 Å². The maximum Gasteiger partial charge on any atom is 0.244 e. The molecular formula is C16H19ClN6O2. The Labute approximate surface area is 149 Å². The second-order valence-corrected chi connectivity index (χ2v) is 6.79. The van der Waals surface area contributed by atoms with Gasteiger partial charge in [-0.3, -0.25) is 4.79 Å². The van der Waals surface area contributed by atoms with E-state index >= 15 is 0 Å². The topological polar surface area (TPSA) is 94.0 Å². The predicted octanol–water partition coefficient (Wildman–Crippen LogP) is 1.51. The number of carbonyl (C=O) groups excluding carboxylic acids is 1. The summed E-state index contributed by atoms with van der Waals surface area (Å²) in [5, 5.41) is 18.5. The first-order valence-electron chi connectivity index (χ1n) is 8.37. The maximum atomic E-state index is 12.5. The number of benzene rings is 1. The van der Waals surface area contributed by atoms with Crippen LogP contribution in [0.2, 0.25) is 5.02 Å². The van der Waals surface area contributed by atoms with Crippen LogP contribution in [0.5, 0.6) is 0 Å². The van der Waals surface area contributed by atoms with Gasteiger partial charge in [0.2, 0.25) is 5.91 Å². The molecule has 1 amide bonds. The average Bonchev–Trinajstić information content (AvgIpc) is 3.34. The van der Waals surface area contributed by atoms with E-state index in [0.29, 0.717) is 35.5 Å². The quantitative estimate of drug-likeness (QED) is 0.856. The molecule has 2 fully saturated rings. The minimum atomic E-state index is -0.386. The van der Waals surface area contributed by atoms with Gasteiger partial charge < -0.3 is 15.4 Å². The molecule has 2 aliphatic rings. The number of morpholine rings is 1. The molecule has 1 aliphatic heterocycles. The van der Waals surface area contributed by atoms with Crippen LogP contribution in [0.1, 0.15) is 31.5 Å². The molecule has 0 spiro atoms. The second kappa shape index (κ2) is 6.70. The Balaban J connectivity index is 1.57. The number of halogens is 1. The number of nitrogens with zero attached hydrogens (tertiary/aromatic N) is 4. The Bertz CT molecular complexity index is 791. The molecule has 2 atom stereocenters. The van der Waals surface area contributed by atoms with Crippen molar-refractivity contribution in [1.29, 1.82) is 0 Å². The van der Waals surface area contributed by atoms with Crippen LogP contribution in [0.15, 0.2) is 18.2 Å². The van der Waals surface area contributed by atoms with Gasteiger partial charge in [-0.05, 0) is 48.4 Å². The molecule has 0 radical (unpaired) electrons. The van der Waals surface area contributed by atoms with Gasteiger partial charge in [0, 0.05) is 18.2 Å². The molecule has 1 saturated carbocycles. The lowest BCUT2D eigenvalue weighted by molar-refractivity contribution is -0.123. The molecular weight excluding hydrogens is 344 g/mol. The third kappa shape index (κ3) is 3.37. The largest absolute Gasteiger partial charge is 0.375 e. The number of ether oxygens (including phenoxy) is 1. The summed E-state index contributed by atoms with van der Waals surface area (Å²) in [5.74, 6) is 1.05. The molecule has 2 N–H and O–H groups in total. The van der Waals surface area contributed by atoms with E-state index in [4.69, 9.17) is 16.3 Å². The van der Waals surface area contributed by atoms with Crippen molar-refractivity contribution in [2.24, 2.45) is 0 Å². The van der Waals surface area contributed by atoms with Gasteiger partial charge in [-0.15, -0.1) is 5.10 Å². The Morgan fingerprint density at radius 3 is 3.04 bits per heavy atom. The summed E-state index contributed by atoms with van der Waals surface area (Å²) in [6.45, 7) is 3.15. The molecule has 0 unspecified atom stereocenters. The average molecular weight is 363 g/mol. The van der Waals surface area contributed by atoms with Gasteiger partial charge in [0.25, 0.3) is 0 Å². The van der Waals surface area contributed by atoms with Crippen LogP contribution in [-0.2, 0) is 9.53 Å². The number of nitrogens with one attached hydrogen (secondary N) is 2. The number of tetrazole rings is 1. The van der Waals surface area contributed by atoms with Crippen LogP contribution in [0.25, 0.3) is 5.69 Å². The normalized spacial score (nSPS) is 23.4. The van der Waals surface area contributed by atoms with Crippen molar-refractivity contribution in [1.82, 2.24) is 25.5 Å². The molecule has 2 aromatic rings. The first-order valence-corrected chi connectivity index (χ1v) is 8.75. The summed E-state index contributed by atoms with van der Waals surface area (Å²) >= 11 is 6.33. The summed E-state index contributed by atoms with van der Waals surface area (Å²) in [5.41, 5.74) is 1.30. The van der Waals surface area contributed by atoms with Crippen LogP contribution < -0.4 is 10.6 Å². The van der Waals surface area contributed by atoms with Crippen molar-refractivity contribution in [3.8, 4) is 5.69 Å². The molecule has 8 nitrogen and oxygen atoms in total. The standard InChI is InChI=1S/C16H19ClN6O2/c1-9-14(18-6-7-25-9)16(24)19-11-4-5-12(17)13(8-11)23-15(10-2-3-10)20-21-22-23/h4-5,8-10,14,18H,2-3,6-7H2,1H3,(H,19,24)/t9-,14+/m1/s1. The zero-order chi connectivity index (χ0) is 17.4. The summed E-state index contributed by atoms with van der Waals surface area (Å²) in [6.07, 6.45) is 1.99. The van der Waals surface area contributed by atoms with Gasteiger partial charge in [-0.2, -0.15) is 4.68 Å². The van der Waals surface area contributed by atoms with E-state index in [1.54, 1.807) is 22.9 Å². The molecule has 25 heavy (non-hydrogen) atoms. The predicted molar refractivity (Wildman–Crippen MR) is 92.0 cm³/mol. The number of aromatic nitrogens is 4. The van der Waals surface area contributed by atoms with Crippen LogP contribution in [0, 0.1) is 0 Å². The van der Waals surface area contributed by atoms with E-state index in [2.05, 4.69) is 26.2 Å². The van der Waals surface area contributed by atoms with Gasteiger partial charge in [0.05, 0.1) is 23.4 Å². The fraction of sp³-hybridized carbons (Fsp3) is 0.500. The molecule has 1 aromatic carbocycles. The zero-order valence-corrected chi connectivity index (χ0v) is 14.5. The first kappa shape index (κ1) is 16.4. The lowest BCUT2D eigenvalue weighted by atomic mass is 10.1. The van der Waals surface area contributed by atoms with Crippen LogP contribution in [0.4, 0.5) is 5.69 Å². The van der Waals surface area contributed by atoms with Crippen LogP contribution in [-0.4, -0.2) is 51.4 Å². The summed E-state index contributed by atoms with van der Waals surface area (Å²) in [4.78, 5) is 12.5. The molecule has 0 bridgehead atoms. The Hall–Kier alpha value is -2.03. The highest BCUT2D eigenvalue weighted by Crippen LogP contribution is 2.40. The fourth-order valence-electron chi connectivity index (χ4n) is 2.96. The molecule has 4 rings (SSSR count). The van der Waals surface area contributed by atoms with E-state index < -0.39 is 0 Å². The van der Waals surface area contributed by atoms with Crippen molar-refractivity contribution in [3.05, 3.63) is 29.0 Å². The highest BCUT2D eigenvalue weighted by molar-refractivity contribution is 6.32. The monoisotopic (exact) mass is 362 g/mol. The smallest absolute Gasteiger partial charge is 0.244 e. The number of rotatable bonds is 4. The number of amides is 1. The minimum Gasteiger partial charge on any atom is -0.375 e. The zero-order valence-electron chi connectivity index (χ0n) is 13.8. The SMILES string of the molecule is C[C@H]1OCCN[C@@H]1C(=O)Nc1ccc(Cl)c(-n2nnnc2C2CC2)c1. The van der Waals surface area contributed by atoms with Gasteiger partial charge >= 0.3 is 0 Å². The molecule has 1 aromatic heterocycles. The van der Waals surface area contributed by atoms with E-state index in [1.807, 2.05) is 6.92 Å². The summed E-state index contributed by atoms with van der Waals surface area (Å²) in [6, 6.07) is 4.90. The van der Waals surface area contributed by atoms with Crippen molar-refractivity contribution < 1.29 is 9.53 Å². The molecule has 9 heteroatoms. The third-order valence-corrected chi connectivity index (χ3v) is 4.80. The number of hydrogen-bond acceptors (Lipinski definition) is 6. The fourth-order valence-corrected chi connectivity index (χ4v) is 3.16. The maximum absolute atomic E-state index is 12.5. The van der Waals surface area contributed by atoms with Crippen molar-refractivity contribution >= 4 is 23.2 Å². The van der Waals surface area contributed by atoms with Gasteiger partial charge in [0.1, 0.15) is 6.04 Å². The molecule has 132 valence electrons. The number of carbonyl (C=O) groups is 1. The summed E-state index contributed by atoms with van der Waals surface area (Å²) < 4.78 is 7.18. The van der Waals surface area contributed by atoms with E-state index in [1.165, 1.54) is 0 Å². The third-order valence-electron chi connectivity index (χ3n) is 4.48. The Morgan fingerprint density at radius 1 is 1.44 bits per heavy atom. The van der Waals surface area contributed by atoms with Gasteiger partial charge in [0.15, 0.2) is 5.82 Å². The minimum absolute atomic E-state index is 0.139. The first-order chi connectivity index (χ1) is 12.1. The van der Waals surface area contributed by atoms with Crippen molar-refractivity contribution in [2.45, 2.75) is 37.8 Å². The van der Waals surface area contributed by atoms with Gasteiger partial charge in [-0.1, -0.05) is 11.6 Å². The lowest BCUT2D eigenvalue weighted by Crippen LogP contribution is -2.53. The molecule has 1 saturated heterocycles. The van der Waals surface area contributed by atoms with Crippen LogP contribution >= 0.6 is 11.6 Å². The van der Waals surface area contributed by atoms with E-state index in [0.717, 1.165) is 18.7 Å². The summed E-state index contributed by atoms with van der Waals surface area (Å²) in [7, 11) is 0. The van der Waals surface area contributed by atoms with Crippen LogP contribution in [0.3, 0.4) is 0 Å². The number of hydrogen-bond donors (Lipinski definition) is 2.